The molecule has 0 bridgehead atoms. The third kappa shape index (κ3) is 1.42. The first-order chi connectivity index (χ1) is 8.01. The minimum absolute atomic E-state index is 0.0584. The second-order valence-corrected chi connectivity index (χ2v) is 6.17. The molecular formula is C10H10FN3O2S. The summed E-state index contributed by atoms with van der Waals surface area (Å²) in [5.41, 5.74) is 5.92. The smallest absolute Gasteiger partial charge is 0.257 e. The minimum Gasteiger partial charge on any atom is -0.398 e. The molecule has 17 heavy (non-hydrogen) atoms. The van der Waals surface area contributed by atoms with Gasteiger partial charge in [-0.1, -0.05) is 0 Å². The van der Waals surface area contributed by atoms with E-state index in [-0.39, 0.29) is 5.52 Å². The van der Waals surface area contributed by atoms with Crippen molar-refractivity contribution >= 4 is 26.6 Å². The van der Waals surface area contributed by atoms with E-state index in [0.29, 0.717) is 23.9 Å². The molecule has 0 unspecified atom stereocenters. The maximum absolute atomic E-state index is 13.7. The standard InChI is InChI=1S/C10H10FN3O2S/c11-8-3-4-9(12)7-5-13-14(10(7)8)17(15,16)6-1-2-6/h3-6H,1-2,12H2. The number of nitrogens with two attached hydrogens (primary N) is 1. The fourth-order valence-electron chi connectivity index (χ4n) is 1.80. The number of halogens is 1. The molecule has 1 aliphatic carbocycles. The minimum atomic E-state index is -3.58. The molecule has 0 amide bonds. The van der Waals surface area contributed by atoms with E-state index in [1.807, 2.05) is 0 Å². The molecule has 2 N–H and O–H groups in total. The molecule has 90 valence electrons. The van der Waals surface area contributed by atoms with Gasteiger partial charge in [-0.2, -0.15) is 9.19 Å². The molecule has 1 aromatic carbocycles. The van der Waals surface area contributed by atoms with Crippen LogP contribution in [0.25, 0.3) is 10.9 Å². The van der Waals surface area contributed by atoms with Crippen molar-refractivity contribution in [2.24, 2.45) is 0 Å². The zero-order valence-corrected chi connectivity index (χ0v) is 9.61. The number of anilines is 1. The highest BCUT2D eigenvalue weighted by Gasteiger charge is 2.38. The van der Waals surface area contributed by atoms with Crippen LogP contribution in [0.3, 0.4) is 0 Å². The molecule has 0 saturated heterocycles. The zero-order valence-electron chi connectivity index (χ0n) is 8.80. The highest BCUT2D eigenvalue weighted by molar-refractivity contribution is 7.90. The third-order valence-corrected chi connectivity index (χ3v) is 4.94. The summed E-state index contributed by atoms with van der Waals surface area (Å²) in [4.78, 5) is 0. The number of aromatic nitrogens is 2. The topological polar surface area (TPSA) is 78.0 Å². The van der Waals surface area contributed by atoms with Crippen LogP contribution in [0.5, 0.6) is 0 Å². The van der Waals surface area contributed by atoms with Gasteiger partial charge in [0.25, 0.3) is 10.0 Å². The zero-order chi connectivity index (χ0) is 12.2. The molecule has 0 aliphatic heterocycles. The maximum Gasteiger partial charge on any atom is 0.257 e. The van der Waals surface area contributed by atoms with Gasteiger partial charge in [0.15, 0.2) is 5.82 Å². The molecule has 0 radical (unpaired) electrons. The van der Waals surface area contributed by atoms with E-state index < -0.39 is 21.1 Å². The molecule has 1 aromatic heterocycles. The lowest BCUT2D eigenvalue weighted by molar-refractivity contribution is 0.577. The van der Waals surface area contributed by atoms with Crippen LogP contribution in [0.2, 0.25) is 0 Å². The quantitative estimate of drug-likeness (QED) is 0.815. The number of fused-ring (bicyclic) bond motifs is 1. The largest absolute Gasteiger partial charge is 0.398 e. The maximum atomic E-state index is 13.7. The highest BCUT2D eigenvalue weighted by Crippen LogP contribution is 2.33. The van der Waals surface area contributed by atoms with Gasteiger partial charge in [0.1, 0.15) is 5.52 Å². The van der Waals surface area contributed by atoms with Crippen molar-refractivity contribution in [1.29, 1.82) is 0 Å². The molecule has 0 spiro atoms. The molecule has 1 fully saturated rings. The summed E-state index contributed by atoms with van der Waals surface area (Å²) in [5.74, 6) is -0.629. The SMILES string of the molecule is Nc1ccc(F)c2c1cnn2S(=O)(=O)C1CC1. The molecule has 5 nitrogen and oxygen atoms in total. The summed E-state index contributed by atoms with van der Waals surface area (Å²) < 4.78 is 38.5. The second-order valence-electron chi connectivity index (χ2n) is 4.13. The average Bonchev–Trinajstić information content (AvgIpc) is 3.03. The Morgan fingerprint density at radius 3 is 2.76 bits per heavy atom. The first-order valence-corrected chi connectivity index (χ1v) is 6.68. The number of hydrogen-bond donors (Lipinski definition) is 1. The van der Waals surface area contributed by atoms with Crippen molar-refractivity contribution in [3.8, 4) is 0 Å². The van der Waals surface area contributed by atoms with Gasteiger partial charge in [0.2, 0.25) is 0 Å². The van der Waals surface area contributed by atoms with E-state index in [2.05, 4.69) is 5.10 Å². The van der Waals surface area contributed by atoms with E-state index >= 15 is 0 Å². The van der Waals surface area contributed by atoms with Crippen LogP contribution in [0, 0.1) is 5.82 Å². The van der Waals surface area contributed by atoms with E-state index in [0.717, 1.165) is 10.2 Å². The van der Waals surface area contributed by atoms with E-state index in [4.69, 9.17) is 5.73 Å². The Morgan fingerprint density at radius 1 is 1.41 bits per heavy atom. The van der Waals surface area contributed by atoms with Crippen molar-refractivity contribution in [1.82, 2.24) is 9.19 Å². The fraction of sp³-hybridized carbons (Fsp3) is 0.300. The van der Waals surface area contributed by atoms with Crippen LogP contribution in [-0.2, 0) is 10.0 Å². The van der Waals surface area contributed by atoms with E-state index in [9.17, 15) is 12.8 Å². The number of rotatable bonds is 2. The molecule has 1 heterocycles. The van der Waals surface area contributed by atoms with Crippen molar-refractivity contribution in [3.63, 3.8) is 0 Å². The second kappa shape index (κ2) is 3.19. The Labute approximate surface area is 97.1 Å². The van der Waals surface area contributed by atoms with Crippen LogP contribution in [0.4, 0.5) is 10.1 Å². The van der Waals surface area contributed by atoms with Crippen molar-refractivity contribution in [3.05, 3.63) is 24.1 Å². The van der Waals surface area contributed by atoms with Crippen LogP contribution in [0.1, 0.15) is 12.8 Å². The summed E-state index contributed by atoms with van der Waals surface area (Å²) in [5, 5.41) is 3.65. The number of nitrogens with zero attached hydrogens (tertiary/aromatic N) is 2. The van der Waals surface area contributed by atoms with Crippen molar-refractivity contribution in [2.75, 3.05) is 5.73 Å². The van der Waals surface area contributed by atoms with Crippen LogP contribution in [-0.4, -0.2) is 22.9 Å². The summed E-state index contributed by atoms with van der Waals surface area (Å²) >= 11 is 0. The normalized spacial score (nSPS) is 16.5. The molecular weight excluding hydrogens is 245 g/mol. The molecule has 7 heteroatoms. The number of benzene rings is 1. The lowest BCUT2D eigenvalue weighted by atomic mass is 10.2. The van der Waals surface area contributed by atoms with Gasteiger partial charge < -0.3 is 5.73 Å². The van der Waals surface area contributed by atoms with Gasteiger partial charge in [-0.3, -0.25) is 0 Å². The lowest BCUT2D eigenvalue weighted by Crippen LogP contribution is -2.19. The third-order valence-electron chi connectivity index (χ3n) is 2.87. The highest BCUT2D eigenvalue weighted by atomic mass is 32.2. The Morgan fingerprint density at radius 2 is 2.12 bits per heavy atom. The lowest BCUT2D eigenvalue weighted by Gasteiger charge is -2.05. The van der Waals surface area contributed by atoms with Crippen LogP contribution < -0.4 is 5.73 Å². The van der Waals surface area contributed by atoms with Crippen LogP contribution in [0.15, 0.2) is 18.3 Å². The van der Waals surface area contributed by atoms with Gasteiger partial charge in [0.05, 0.1) is 11.4 Å². The van der Waals surface area contributed by atoms with Gasteiger partial charge in [-0.05, 0) is 25.0 Å². The molecule has 3 rings (SSSR count). The molecule has 0 atom stereocenters. The fourth-order valence-corrected chi connectivity index (χ4v) is 3.43. The summed E-state index contributed by atoms with van der Waals surface area (Å²) in [6.07, 6.45) is 2.49. The summed E-state index contributed by atoms with van der Waals surface area (Å²) in [6.45, 7) is 0. The summed E-state index contributed by atoms with van der Waals surface area (Å²) in [6, 6.07) is 2.55. The van der Waals surface area contributed by atoms with Gasteiger partial charge >= 0.3 is 0 Å². The van der Waals surface area contributed by atoms with Gasteiger partial charge in [0, 0.05) is 11.1 Å². The summed E-state index contributed by atoms with van der Waals surface area (Å²) in [7, 11) is -3.58. The monoisotopic (exact) mass is 255 g/mol. The van der Waals surface area contributed by atoms with Crippen molar-refractivity contribution < 1.29 is 12.8 Å². The molecule has 1 aliphatic rings. The molecule has 1 saturated carbocycles. The first kappa shape index (κ1) is 10.5. The first-order valence-electron chi connectivity index (χ1n) is 5.18. The average molecular weight is 255 g/mol. The van der Waals surface area contributed by atoms with Gasteiger partial charge in [-0.25, -0.2) is 12.8 Å². The Kier molecular flexibility index (Phi) is 1.97. The van der Waals surface area contributed by atoms with E-state index in [1.54, 1.807) is 0 Å². The van der Waals surface area contributed by atoms with Crippen LogP contribution >= 0.6 is 0 Å². The number of nitrogen functional groups attached to an aromatic ring is 1. The predicted octanol–water partition coefficient (Wildman–Crippen LogP) is 1.10. The van der Waals surface area contributed by atoms with Gasteiger partial charge in [-0.15, -0.1) is 0 Å². The molecule has 2 aromatic rings. The predicted molar refractivity (Wildman–Crippen MR) is 61.4 cm³/mol. The van der Waals surface area contributed by atoms with E-state index in [1.165, 1.54) is 12.3 Å². The number of hydrogen-bond acceptors (Lipinski definition) is 4. The van der Waals surface area contributed by atoms with Crippen molar-refractivity contribution in [2.45, 2.75) is 18.1 Å². The Balaban J connectivity index is 2.35. The Hall–Kier alpha value is -1.63. The Bertz CT molecular complexity index is 704.